The monoisotopic (exact) mass is 356 g/mol. The predicted octanol–water partition coefficient (Wildman–Crippen LogP) is 0.833. The van der Waals surface area contributed by atoms with E-state index in [4.69, 9.17) is 10.2 Å². The number of hydrogen-bond acceptors (Lipinski definition) is 5. The normalized spacial score (nSPS) is 11.9. The number of benzene rings is 2. The molecule has 0 bridgehead atoms. The molecule has 0 atom stereocenters. The molecule has 0 spiro atoms. The molecular formula is C13H12N2O6S2. The molecular weight excluding hydrogens is 344 g/mol. The van der Waals surface area contributed by atoms with Gasteiger partial charge in [0, 0.05) is 0 Å². The summed E-state index contributed by atoms with van der Waals surface area (Å²) in [4.78, 5) is 10.2. The summed E-state index contributed by atoms with van der Waals surface area (Å²) in [5.41, 5.74) is -0.705. The van der Waals surface area contributed by atoms with Crippen LogP contribution in [0.3, 0.4) is 0 Å². The number of para-hydroxylation sites is 1. The van der Waals surface area contributed by atoms with Crippen LogP contribution < -0.4 is 9.86 Å². The number of hydrogen-bond donors (Lipinski definition) is 3. The maximum atomic E-state index is 12.4. The summed E-state index contributed by atoms with van der Waals surface area (Å²) in [5, 5.41) is 14.1. The molecule has 0 heterocycles. The Morgan fingerprint density at radius 3 is 2.00 bits per heavy atom. The van der Waals surface area contributed by atoms with E-state index in [9.17, 15) is 21.6 Å². The van der Waals surface area contributed by atoms with E-state index >= 15 is 0 Å². The summed E-state index contributed by atoms with van der Waals surface area (Å²) in [6, 6.07) is 10.1. The molecule has 4 N–H and O–H groups in total. The Hall–Kier alpha value is -2.43. The fourth-order valence-corrected chi connectivity index (χ4v) is 3.91. The summed E-state index contributed by atoms with van der Waals surface area (Å²) >= 11 is 0. The minimum absolute atomic E-state index is 0.268. The highest BCUT2D eigenvalue weighted by molar-refractivity contribution is 7.93. The molecule has 8 nitrogen and oxygen atoms in total. The van der Waals surface area contributed by atoms with Gasteiger partial charge in [0.2, 0.25) is 10.0 Å². The van der Waals surface area contributed by atoms with Gasteiger partial charge in [0.05, 0.1) is 11.3 Å². The zero-order valence-corrected chi connectivity index (χ0v) is 13.1. The van der Waals surface area contributed by atoms with Crippen LogP contribution in [-0.2, 0) is 20.0 Å². The fraction of sp³-hybridized carbons (Fsp3) is 0. The lowest BCUT2D eigenvalue weighted by Gasteiger charge is -2.12. The number of aromatic carboxylic acids is 1. The van der Waals surface area contributed by atoms with Crippen LogP contribution in [0.1, 0.15) is 10.4 Å². The molecule has 0 unspecified atom stereocenters. The number of nitrogens with one attached hydrogen (secondary N) is 1. The number of nitrogens with two attached hydrogens (primary N) is 1. The third kappa shape index (κ3) is 3.67. The highest BCUT2D eigenvalue weighted by Crippen LogP contribution is 2.24. The van der Waals surface area contributed by atoms with E-state index in [0.717, 1.165) is 18.2 Å². The van der Waals surface area contributed by atoms with E-state index in [1.165, 1.54) is 30.3 Å². The van der Waals surface area contributed by atoms with Crippen molar-refractivity contribution in [3.05, 3.63) is 54.1 Å². The average molecular weight is 356 g/mol. The molecule has 0 saturated heterocycles. The van der Waals surface area contributed by atoms with Gasteiger partial charge in [0.1, 0.15) is 9.79 Å². The summed E-state index contributed by atoms with van der Waals surface area (Å²) in [6.45, 7) is 0. The number of sulfonamides is 2. The zero-order chi connectivity index (χ0) is 17.3. The quantitative estimate of drug-likeness (QED) is 0.724. The molecule has 10 heteroatoms. The summed E-state index contributed by atoms with van der Waals surface area (Å²) in [5.74, 6) is -1.43. The maximum Gasteiger partial charge on any atom is 0.337 e. The van der Waals surface area contributed by atoms with Crippen molar-refractivity contribution in [2.24, 2.45) is 5.14 Å². The molecule has 0 aromatic heterocycles. The molecule has 2 aromatic carbocycles. The number of carbonyl (C=O) groups is 1. The highest BCUT2D eigenvalue weighted by atomic mass is 32.2. The SMILES string of the molecule is NS(=O)(=O)c1ccccc1NS(=O)(=O)c1ccccc1C(=O)O. The van der Waals surface area contributed by atoms with Gasteiger partial charge in [-0.15, -0.1) is 0 Å². The molecule has 0 fully saturated rings. The van der Waals surface area contributed by atoms with E-state index in [1.807, 2.05) is 0 Å². The second-order valence-electron chi connectivity index (χ2n) is 4.45. The number of anilines is 1. The van der Waals surface area contributed by atoms with Gasteiger partial charge >= 0.3 is 5.97 Å². The van der Waals surface area contributed by atoms with Crippen molar-refractivity contribution < 1.29 is 26.7 Å². The summed E-state index contributed by atoms with van der Waals surface area (Å²) < 4.78 is 49.8. The van der Waals surface area contributed by atoms with Crippen LogP contribution in [0.25, 0.3) is 0 Å². The van der Waals surface area contributed by atoms with Crippen molar-refractivity contribution in [2.45, 2.75) is 9.79 Å². The van der Waals surface area contributed by atoms with Crippen molar-refractivity contribution >= 4 is 31.7 Å². The molecule has 0 radical (unpaired) electrons. The Kier molecular flexibility index (Phi) is 4.41. The smallest absolute Gasteiger partial charge is 0.337 e. The van der Waals surface area contributed by atoms with Crippen LogP contribution in [-0.4, -0.2) is 27.9 Å². The van der Waals surface area contributed by atoms with Gasteiger partial charge in [-0.1, -0.05) is 24.3 Å². The van der Waals surface area contributed by atoms with Crippen molar-refractivity contribution in [2.75, 3.05) is 4.72 Å². The van der Waals surface area contributed by atoms with E-state index in [0.29, 0.717) is 0 Å². The van der Waals surface area contributed by atoms with Crippen molar-refractivity contribution in [3.63, 3.8) is 0 Å². The van der Waals surface area contributed by atoms with Crippen LogP contribution >= 0.6 is 0 Å². The zero-order valence-electron chi connectivity index (χ0n) is 11.5. The second kappa shape index (κ2) is 5.99. The summed E-state index contributed by atoms with van der Waals surface area (Å²) in [6.07, 6.45) is 0. The van der Waals surface area contributed by atoms with Crippen LogP contribution in [0.2, 0.25) is 0 Å². The van der Waals surface area contributed by atoms with Gasteiger partial charge < -0.3 is 5.11 Å². The Bertz CT molecular complexity index is 967. The maximum absolute atomic E-state index is 12.4. The minimum Gasteiger partial charge on any atom is -0.478 e. The molecule has 23 heavy (non-hydrogen) atoms. The predicted molar refractivity (Wildman–Crippen MR) is 82.0 cm³/mol. The number of carboxylic acids is 1. The van der Waals surface area contributed by atoms with Gasteiger partial charge in [-0.3, -0.25) is 4.72 Å². The lowest BCUT2D eigenvalue weighted by atomic mass is 10.2. The van der Waals surface area contributed by atoms with Crippen LogP contribution in [0.5, 0.6) is 0 Å². The fourth-order valence-electron chi connectivity index (χ4n) is 1.88. The first kappa shape index (κ1) is 16.9. The van der Waals surface area contributed by atoms with Gasteiger partial charge in [0.15, 0.2) is 0 Å². The van der Waals surface area contributed by atoms with Crippen molar-refractivity contribution in [1.29, 1.82) is 0 Å². The Morgan fingerprint density at radius 2 is 1.43 bits per heavy atom. The topological polar surface area (TPSA) is 144 Å². The largest absolute Gasteiger partial charge is 0.478 e. The first-order valence-electron chi connectivity index (χ1n) is 6.10. The second-order valence-corrected chi connectivity index (χ2v) is 7.63. The van der Waals surface area contributed by atoms with Gasteiger partial charge in [-0.25, -0.2) is 26.8 Å². The van der Waals surface area contributed by atoms with E-state index in [2.05, 4.69) is 4.72 Å². The lowest BCUT2D eigenvalue weighted by molar-refractivity contribution is 0.0692. The number of carboxylic acid groups (broad SMARTS) is 1. The third-order valence-corrected chi connectivity index (χ3v) is 5.24. The Morgan fingerprint density at radius 1 is 0.913 bits per heavy atom. The van der Waals surface area contributed by atoms with Gasteiger partial charge in [-0.05, 0) is 24.3 Å². The molecule has 0 aliphatic rings. The first-order valence-corrected chi connectivity index (χ1v) is 9.13. The molecule has 2 rings (SSSR count). The van der Waals surface area contributed by atoms with Gasteiger partial charge in [0.25, 0.3) is 10.0 Å². The average Bonchev–Trinajstić information content (AvgIpc) is 2.46. The van der Waals surface area contributed by atoms with Crippen LogP contribution in [0, 0.1) is 0 Å². The van der Waals surface area contributed by atoms with Crippen LogP contribution in [0.4, 0.5) is 5.69 Å². The van der Waals surface area contributed by atoms with E-state index < -0.39 is 41.4 Å². The summed E-state index contributed by atoms with van der Waals surface area (Å²) in [7, 11) is -8.48. The molecule has 2 aromatic rings. The van der Waals surface area contributed by atoms with E-state index in [1.54, 1.807) is 0 Å². The minimum atomic E-state index is -4.32. The third-order valence-electron chi connectivity index (χ3n) is 2.84. The molecule has 0 amide bonds. The molecule has 0 aliphatic heterocycles. The van der Waals surface area contributed by atoms with Crippen molar-refractivity contribution in [3.8, 4) is 0 Å². The van der Waals surface area contributed by atoms with E-state index in [-0.39, 0.29) is 5.69 Å². The Labute approximate surface area is 132 Å². The number of rotatable bonds is 5. The highest BCUT2D eigenvalue weighted by Gasteiger charge is 2.24. The molecule has 0 aliphatic carbocycles. The lowest BCUT2D eigenvalue weighted by Crippen LogP contribution is -2.20. The van der Waals surface area contributed by atoms with Crippen LogP contribution in [0.15, 0.2) is 58.3 Å². The first-order chi connectivity index (χ1) is 10.6. The standard InChI is InChI=1S/C13H12N2O6S2/c14-22(18,19)12-8-4-2-6-10(12)15-23(20,21)11-7-3-1-5-9(11)13(16)17/h1-8,15H,(H,16,17)(H2,14,18,19). The Balaban J connectivity index is 2.56. The van der Waals surface area contributed by atoms with Gasteiger partial charge in [-0.2, -0.15) is 0 Å². The van der Waals surface area contributed by atoms with Crippen molar-refractivity contribution in [1.82, 2.24) is 0 Å². The molecule has 0 saturated carbocycles. The number of primary sulfonamides is 1. The molecule has 122 valence electrons.